The van der Waals surface area contributed by atoms with Gasteiger partial charge in [-0.2, -0.15) is 0 Å². The molecule has 0 aromatic rings. The Balaban J connectivity index is 2.65. The van der Waals surface area contributed by atoms with Crippen LogP contribution in [0, 0.1) is 17.8 Å². The zero-order valence-corrected chi connectivity index (χ0v) is 11.8. The molecule has 0 amide bonds. The van der Waals surface area contributed by atoms with Gasteiger partial charge >= 0.3 is 0 Å². The van der Waals surface area contributed by atoms with E-state index in [4.69, 9.17) is 4.74 Å². The van der Waals surface area contributed by atoms with Crippen LogP contribution >= 0.6 is 11.8 Å². The van der Waals surface area contributed by atoms with Crippen LogP contribution in [0.1, 0.15) is 48.0 Å². The Bertz CT molecular complexity index is 191. The first-order valence-corrected chi connectivity index (χ1v) is 7.22. The number of rotatable bonds is 3. The van der Waals surface area contributed by atoms with E-state index < -0.39 is 0 Å². The summed E-state index contributed by atoms with van der Waals surface area (Å²) in [5, 5.41) is 0.663. The third-order valence-electron chi connectivity index (χ3n) is 3.79. The van der Waals surface area contributed by atoms with Crippen molar-refractivity contribution in [2.24, 2.45) is 17.8 Å². The van der Waals surface area contributed by atoms with Gasteiger partial charge in [0.25, 0.3) is 0 Å². The molecule has 90 valence electrons. The summed E-state index contributed by atoms with van der Waals surface area (Å²) in [6.07, 6.45) is 1.61. The summed E-state index contributed by atoms with van der Waals surface area (Å²) in [6.45, 7) is 13.8. The summed E-state index contributed by atoms with van der Waals surface area (Å²) in [4.78, 5) is 0. The third kappa shape index (κ3) is 3.13. The molecule has 5 atom stereocenters. The van der Waals surface area contributed by atoms with Crippen molar-refractivity contribution in [1.29, 1.82) is 0 Å². The number of thioether (sulfide) groups is 1. The minimum absolute atomic E-state index is 0.404. The van der Waals surface area contributed by atoms with Crippen molar-refractivity contribution < 1.29 is 4.74 Å². The molecule has 15 heavy (non-hydrogen) atoms. The summed E-state index contributed by atoms with van der Waals surface area (Å²) in [7, 11) is 0. The monoisotopic (exact) mass is 230 g/mol. The molecular formula is C13H26OS. The van der Waals surface area contributed by atoms with Crippen molar-refractivity contribution in [2.45, 2.75) is 64.8 Å². The van der Waals surface area contributed by atoms with Crippen LogP contribution in [-0.4, -0.2) is 16.8 Å². The SMILES string of the molecule is CCC1OC(SC(C)C)[C@@H](C)C(C)[C@@H]1C. The van der Waals surface area contributed by atoms with Gasteiger partial charge in [0, 0.05) is 5.25 Å². The van der Waals surface area contributed by atoms with Crippen LogP contribution in [0.25, 0.3) is 0 Å². The molecule has 0 N–H and O–H groups in total. The second-order valence-corrected chi connectivity index (χ2v) is 6.89. The highest BCUT2D eigenvalue weighted by molar-refractivity contribution is 8.00. The number of hydrogen-bond donors (Lipinski definition) is 0. The van der Waals surface area contributed by atoms with Crippen molar-refractivity contribution in [1.82, 2.24) is 0 Å². The van der Waals surface area contributed by atoms with Crippen molar-refractivity contribution in [3.05, 3.63) is 0 Å². The first kappa shape index (κ1) is 13.4. The fourth-order valence-corrected chi connectivity index (χ4v) is 3.62. The zero-order valence-electron chi connectivity index (χ0n) is 11.0. The normalized spacial score (nSPS) is 42.2. The maximum absolute atomic E-state index is 6.20. The van der Waals surface area contributed by atoms with Gasteiger partial charge in [0.15, 0.2) is 0 Å². The summed E-state index contributed by atoms with van der Waals surface area (Å²) in [5.41, 5.74) is 0.404. The standard InChI is InChI=1S/C13H26OS/c1-7-12-10(5)9(4)11(6)13(14-12)15-8(2)3/h8-13H,7H2,1-6H3/t9?,10-,11-,12?,13?/m0/s1. The zero-order chi connectivity index (χ0) is 11.6. The molecule has 0 aromatic carbocycles. The van der Waals surface area contributed by atoms with E-state index in [1.165, 1.54) is 0 Å². The van der Waals surface area contributed by atoms with Crippen molar-refractivity contribution >= 4 is 11.8 Å². The van der Waals surface area contributed by atoms with Gasteiger partial charge in [-0.05, 0) is 24.2 Å². The van der Waals surface area contributed by atoms with E-state index in [0.717, 1.165) is 12.3 Å². The quantitative estimate of drug-likeness (QED) is 0.719. The molecule has 1 fully saturated rings. The molecule has 0 bridgehead atoms. The van der Waals surface area contributed by atoms with Gasteiger partial charge in [-0.15, -0.1) is 11.8 Å². The molecular weight excluding hydrogens is 204 g/mol. The average molecular weight is 230 g/mol. The Morgan fingerprint density at radius 2 is 1.67 bits per heavy atom. The molecule has 0 radical (unpaired) electrons. The molecule has 1 aliphatic heterocycles. The predicted molar refractivity (Wildman–Crippen MR) is 69.2 cm³/mol. The van der Waals surface area contributed by atoms with Crippen LogP contribution in [0.2, 0.25) is 0 Å². The lowest BCUT2D eigenvalue weighted by Gasteiger charge is -2.43. The highest BCUT2D eigenvalue weighted by atomic mass is 32.2. The number of hydrogen-bond acceptors (Lipinski definition) is 2. The lowest BCUT2D eigenvalue weighted by molar-refractivity contribution is -0.0946. The van der Waals surface area contributed by atoms with Crippen LogP contribution in [0.3, 0.4) is 0 Å². The Hall–Kier alpha value is 0.310. The maximum Gasteiger partial charge on any atom is 0.106 e. The van der Waals surface area contributed by atoms with E-state index in [1.807, 2.05) is 11.8 Å². The van der Waals surface area contributed by atoms with Gasteiger partial charge in [0.1, 0.15) is 5.44 Å². The van der Waals surface area contributed by atoms with Crippen LogP contribution in [0.5, 0.6) is 0 Å². The maximum atomic E-state index is 6.20. The highest BCUT2D eigenvalue weighted by Crippen LogP contribution is 2.41. The molecule has 1 nitrogen and oxygen atoms in total. The molecule has 1 rings (SSSR count). The van der Waals surface area contributed by atoms with E-state index in [9.17, 15) is 0 Å². The van der Waals surface area contributed by atoms with Crippen molar-refractivity contribution in [3.63, 3.8) is 0 Å². The van der Waals surface area contributed by atoms with Gasteiger partial charge in [-0.25, -0.2) is 0 Å². The minimum atomic E-state index is 0.404. The van der Waals surface area contributed by atoms with Gasteiger partial charge in [-0.1, -0.05) is 41.5 Å². The lowest BCUT2D eigenvalue weighted by atomic mass is 9.79. The van der Waals surface area contributed by atoms with Gasteiger partial charge in [-0.3, -0.25) is 0 Å². The fraction of sp³-hybridized carbons (Fsp3) is 1.00. The second-order valence-electron chi connectivity index (χ2n) is 5.21. The minimum Gasteiger partial charge on any atom is -0.364 e. The average Bonchev–Trinajstić information content (AvgIpc) is 2.18. The Morgan fingerprint density at radius 1 is 1.07 bits per heavy atom. The van der Waals surface area contributed by atoms with Gasteiger partial charge < -0.3 is 4.74 Å². The molecule has 0 aliphatic carbocycles. The predicted octanol–water partition coefficient (Wildman–Crippen LogP) is 4.17. The largest absolute Gasteiger partial charge is 0.364 e. The summed E-state index contributed by atoms with van der Waals surface area (Å²) in [5.74, 6) is 2.16. The second kappa shape index (κ2) is 5.58. The van der Waals surface area contributed by atoms with Crippen LogP contribution < -0.4 is 0 Å². The van der Waals surface area contributed by atoms with E-state index in [-0.39, 0.29) is 0 Å². The van der Waals surface area contributed by atoms with E-state index >= 15 is 0 Å². The lowest BCUT2D eigenvalue weighted by Crippen LogP contribution is -2.43. The van der Waals surface area contributed by atoms with E-state index in [1.54, 1.807) is 0 Å². The van der Waals surface area contributed by atoms with Crippen molar-refractivity contribution in [3.8, 4) is 0 Å². The van der Waals surface area contributed by atoms with Crippen LogP contribution in [-0.2, 0) is 4.74 Å². The summed E-state index contributed by atoms with van der Waals surface area (Å²) >= 11 is 1.99. The number of ether oxygens (including phenoxy) is 1. The van der Waals surface area contributed by atoms with Gasteiger partial charge in [0.05, 0.1) is 6.10 Å². The van der Waals surface area contributed by atoms with E-state index in [2.05, 4.69) is 41.5 Å². The molecule has 1 saturated heterocycles. The molecule has 0 aromatic heterocycles. The Kier molecular flexibility index (Phi) is 4.98. The Labute approximate surface area is 99.3 Å². The molecule has 1 heterocycles. The summed E-state index contributed by atoms with van der Waals surface area (Å²) in [6, 6.07) is 0. The highest BCUT2D eigenvalue weighted by Gasteiger charge is 2.38. The summed E-state index contributed by atoms with van der Waals surface area (Å²) < 4.78 is 6.20. The topological polar surface area (TPSA) is 9.23 Å². The molecule has 0 saturated carbocycles. The van der Waals surface area contributed by atoms with Crippen molar-refractivity contribution in [2.75, 3.05) is 0 Å². The Morgan fingerprint density at radius 3 is 2.13 bits per heavy atom. The first-order chi connectivity index (χ1) is 6.97. The van der Waals surface area contributed by atoms with Crippen LogP contribution in [0.4, 0.5) is 0 Å². The third-order valence-corrected chi connectivity index (χ3v) is 5.14. The molecule has 2 heteroatoms. The molecule has 3 unspecified atom stereocenters. The van der Waals surface area contributed by atoms with Crippen LogP contribution in [0.15, 0.2) is 0 Å². The van der Waals surface area contributed by atoms with E-state index in [0.29, 0.717) is 28.6 Å². The molecule has 1 aliphatic rings. The molecule has 0 spiro atoms. The fourth-order valence-electron chi connectivity index (χ4n) is 2.38. The van der Waals surface area contributed by atoms with Gasteiger partial charge in [0.2, 0.25) is 0 Å². The first-order valence-electron chi connectivity index (χ1n) is 6.28. The smallest absolute Gasteiger partial charge is 0.106 e.